The molecule has 0 bridgehead atoms. The Morgan fingerprint density at radius 2 is 1.62 bits per heavy atom. The largest absolute Gasteiger partial charge is 0.379 e. The molecule has 0 radical (unpaired) electrons. The number of carbonyl (C=O) groups is 3. The number of anilines is 1. The number of piperidine rings is 1. The zero-order valence-corrected chi connectivity index (χ0v) is 27.7. The van der Waals surface area contributed by atoms with Crippen LogP contribution < -0.4 is 16.2 Å². The second-order valence-corrected chi connectivity index (χ2v) is 13.8. The Morgan fingerprint density at radius 3 is 2.31 bits per heavy atom. The summed E-state index contributed by atoms with van der Waals surface area (Å²) < 4.78 is 1.80. The lowest BCUT2D eigenvalue weighted by atomic mass is 9.87. The number of halogens is 1. The minimum Gasteiger partial charge on any atom is -0.379 e. The van der Waals surface area contributed by atoms with Gasteiger partial charge in [0.05, 0.1) is 11.9 Å². The standard InChI is InChI=1S/C32H43BrN8O4/c1-37-19-23(17-24(20-37)35-27-18-34-38(2)31(44)29(27)33)21-3-5-22(6-4-21)30(43)40-15-13-39(14-16-40)25-7-9-26(10-8-25)41-12-11-28(42)36-32(41)45/h3-6,18,23-26,35H,7-17,19-20H2,1-2H3,(H,36,42,45)/t23-,24+,25?,26?/m0/s1. The number of hydrogen-bond acceptors (Lipinski definition) is 8. The summed E-state index contributed by atoms with van der Waals surface area (Å²) in [6, 6.07) is 8.71. The van der Waals surface area contributed by atoms with Gasteiger partial charge in [0.2, 0.25) is 5.91 Å². The predicted molar refractivity (Wildman–Crippen MR) is 174 cm³/mol. The average Bonchev–Trinajstić information content (AvgIpc) is 3.05. The Morgan fingerprint density at radius 1 is 0.933 bits per heavy atom. The first-order valence-electron chi connectivity index (χ1n) is 16.1. The summed E-state index contributed by atoms with van der Waals surface area (Å²) in [5.41, 5.74) is 2.46. The van der Waals surface area contributed by atoms with Gasteiger partial charge in [-0.3, -0.25) is 24.6 Å². The molecular weight excluding hydrogens is 640 g/mol. The molecular formula is C32H43BrN8O4. The molecule has 4 fully saturated rings. The van der Waals surface area contributed by atoms with Crippen molar-refractivity contribution in [3.8, 4) is 0 Å². The molecule has 4 heterocycles. The Hall–Kier alpha value is -3.29. The molecule has 2 atom stereocenters. The molecule has 3 saturated heterocycles. The van der Waals surface area contributed by atoms with E-state index in [1.165, 1.54) is 10.2 Å². The smallest absolute Gasteiger partial charge is 0.324 e. The van der Waals surface area contributed by atoms with E-state index >= 15 is 0 Å². The van der Waals surface area contributed by atoms with Gasteiger partial charge in [0, 0.05) is 83.0 Å². The highest BCUT2D eigenvalue weighted by Gasteiger charge is 2.35. The molecule has 1 aromatic heterocycles. The highest BCUT2D eigenvalue weighted by molar-refractivity contribution is 9.10. The van der Waals surface area contributed by atoms with E-state index in [-0.39, 0.29) is 35.5 Å². The monoisotopic (exact) mass is 682 g/mol. The molecule has 6 rings (SSSR count). The quantitative estimate of drug-likeness (QED) is 0.477. The van der Waals surface area contributed by atoms with Crippen LogP contribution in [0, 0.1) is 0 Å². The minimum atomic E-state index is -0.245. The van der Waals surface area contributed by atoms with Crippen LogP contribution in [0.5, 0.6) is 0 Å². The number of benzene rings is 1. The zero-order chi connectivity index (χ0) is 31.7. The van der Waals surface area contributed by atoms with E-state index in [0.29, 0.717) is 48.2 Å². The lowest BCUT2D eigenvalue weighted by Gasteiger charge is -2.44. The molecule has 0 spiro atoms. The predicted octanol–water partition coefficient (Wildman–Crippen LogP) is 2.45. The highest BCUT2D eigenvalue weighted by Crippen LogP contribution is 2.31. The van der Waals surface area contributed by atoms with Crippen molar-refractivity contribution in [2.24, 2.45) is 7.05 Å². The van der Waals surface area contributed by atoms with Crippen molar-refractivity contribution >= 4 is 39.5 Å². The Balaban J connectivity index is 0.989. The summed E-state index contributed by atoms with van der Waals surface area (Å²) in [5, 5.41) is 10.1. The van der Waals surface area contributed by atoms with Gasteiger partial charge in [0.25, 0.3) is 11.5 Å². The van der Waals surface area contributed by atoms with Crippen molar-refractivity contribution < 1.29 is 14.4 Å². The minimum absolute atomic E-state index is 0.0823. The maximum absolute atomic E-state index is 13.4. The third-order valence-electron chi connectivity index (χ3n) is 10.0. The van der Waals surface area contributed by atoms with Gasteiger partial charge in [-0.05, 0) is 78.7 Å². The molecule has 0 unspecified atom stereocenters. The van der Waals surface area contributed by atoms with Gasteiger partial charge in [-0.15, -0.1) is 0 Å². The van der Waals surface area contributed by atoms with Gasteiger partial charge >= 0.3 is 6.03 Å². The number of aryl methyl sites for hydroxylation is 1. The van der Waals surface area contributed by atoms with Crippen molar-refractivity contribution in [3.63, 3.8) is 0 Å². The van der Waals surface area contributed by atoms with Crippen LogP contribution >= 0.6 is 15.9 Å². The van der Waals surface area contributed by atoms with Gasteiger partial charge in [0.1, 0.15) is 4.47 Å². The van der Waals surface area contributed by atoms with E-state index in [1.54, 1.807) is 13.2 Å². The van der Waals surface area contributed by atoms with E-state index in [4.69, 9.17) is 0 Å². The van der Waals surface area contributed by atoms with Crippen molar-refractivity contribution in [1.82, 2.24) is 34.7 Å². The fourth-order valence-corrected chi connectivity index (χ4v) is 8.00. The van der Waals surface area contributed by atoms with Crippen LogP contribution in [0.15, 0.2) is 39.7 Å². The van der Waals surface area contributed by atoms with Crippen LogP contribution in [-0.2, 0) is 11.8 Å². The number of hydrogen-bond donors (Lipinski definition) is 2. The van der Waals surface area contributed by atoms with Gasteiger partial charge in [-0.25, -0.2) is 9.48 Å². The Bertz CT molecular complexity index is 1470. The molecule has 1 saturated carbocycles. The molecule has 242 valence electrons. The van der Waals surface area contributed by atoms with Crippen LogP contribution in [0.25, 0.3) is 0 Å². The third-order valence-corrected chi connectivity index (χ3v) is 10.8. The molecule has 1 aliphatic carbocycles. The normalized spacial score (nSPS) is 26.9. The van der Waals surface area contributed by atoms with E-state index in [2.05, 4.69) is 60.6 Å². The van der Waals surface area contributed by atoms with E-state index in [9.17, 15) is 19.2 Å². The van der Waals surface area contributed by atoms with Crippen molar-refractivity contribution in [3.05, 3.63) is 56.4 Å². The summed E-state index contributed by atoms with van der Waals surface area (Å²) in [6.07, 6.45) is 6.94. The summed E-state index contributed by atoms with van der Waals surface area (Å²) >= 11 is 3.42. The maximum Gasteiger partial charge on any atom is 0.324 e. The maximum atomic E-state index is 13.4. The molecule has 1 aromatic carbocycles. The topological polar surface area (TPSA) is 123 Å². The summed E-state index contributed by atoms with van der Waals surface area (Å²) in [4.78, 5) is 58.1. The summed E-state index contributed by atoms with van der Waals surface area (Å²) in [7, 11) is 3.74. The van der Waals surface area contributed by atoms with Crippen LogP contribution in [-0.4, -0.2) is 118 Å². The van der Waals surface area contributed by atoms with E-state index in [0.717, 1.165) is 63.8 Å². The number of nitrogens with zero attached hydrogens (tertiary/aromatic N) is 6. The first kappa shape index (κ1) is 31.7. The average molecular weight is 684 g/mol. The van der Waals surface area contributed by atoms with Crippen molar-refractivity contribution in [1.29, 1.82) is 0 Å². The number of rotatable bonds is 6. The van der Waals surface area contributed by atoms with E-state index in [1.807, 2.05) is 21.9 Å². The van der Waals surface area contributed by atoms with Gasteiger partial charge < -0.3 is 20.0 Å². The lowest BCUT2D eigenvalue weighted by Crippen LogP contribution is -2.56. The molecule has 12 nitrogen and oxygen atoms in total. The molecule has 2 aromatic rings. The molecule has 4 aliphatic rings. The molecule has 2 N–H and O–H groups in total. The highest BCUT2D eigenvalue weighted by atomic mass is 79.9. The number of urea groups is 1. The van der Waals surface area contributed by atoms with Crippen LogP contribution in [0.1, 0.15) is 60.4 Å². The van der Waals surface area contributed by atoms with Crippen molar-refractivity contribution in [2.45, 2.75) is 62.6 Å². The number of amides is 4. The number of likely N-dealkylation sites (tertiary alicyclic amines) is 1. The summed E-state index contributed by atoms with van der Waals surface area (Å²) in [6.45, 7) is 5.45. The fourth-order valence-electron chi connectivity index (χ4n) is 7.53. The SMILES string of the molecule is CN1C[C@H](Nc2cnn(C)c(=O)c2Br)C[C@H](c2ccc(C(=O)N3CCN(C4CCC(N5CCC(=O)NC5=O)CC4)CC3)cc2)C1. The van der Waals surface area contributed by atoms with Crippen LogP contribution in [0.2, 0.25) is 0 Å². The molecule has 45 heavy (non-hydrogen) atoms. The molecule has 4 amide bonds. The number of imide groups is 1. The number of aromatic nitrogens is 2. The number of piperazine rings is 1. The second-order valence-electron chi connectivity index (χ2n) is 13.0. The van der Waals surface area contributed by atoms with Crippen molar-refractivity contribution in [2.75, 3.05) is 58.2 Å². The number of carbonyl (C=O) groups excluding carboxylic acids is 3. The van der Waals surface area contributed by atoms with Crippen LogP contribution in [0.3, 0.4) is 0 Å². The lowest BCUT2D eigenvalue weighted by molar-refractivity contribution is -0.121. The number of nitrogens with one attached hydrogen (secondary N) is 2. The molecule has 3 aliphatic heterocycles. The number of likely N-dealkylation sites (N-methyl/N-ethyl adjacent to an activating group) is 1. The van der Waals surface area contributed by atoms with Gasteiger partial charge in [0.15, 0.2) is 0 Å². The Kier molecular flexibility index (Phi) is 9.57. The van der Waals surface area contributed by atoms with Gasteiger partial charge in [-0.1, -0.05) is 12.1 Å². The first-order chi connectivity index (χ1) is 21.7. The van der Waals surface area contributed by atoms with Crippen LogP contribution in [0.4, 0.5) is 10.5 Å². The fraction of sp³-hybridized carbons (Fsp3) is 0.594. The third kappa shape index (κ3) is 7.10. The molecule has 13 heteroatoms. The first-order valence-corrected chi connectivity index (χ1v) is 16.9. The van der Waals surface area contributed by atoms with E-state index < -0.39 is 0 Å². The second kappa shape index (κ2) is 13.6. The Labute approximate surface area is 272 Å². The summed E-state index contributed by atoms with van der Waals surface area (Å²) in [5.74, 6) is 0.200. The zero-order valence-electron chi connectivity index (χ0n) is 26.1. The van der Waals surface area contributed by atoms with Gasteiger partial charge in [-0.2, -0.15) is 5.10 Å².